The molecule has 0 aliphatic heterocycles. The van der Waals surface area contributed by atoms with Crippen molar-refractivity contribution in [2.45, 2.75) is 24.7 Å². The van der Waals surface area contributed by atoms with Gasteiger partial charge in [0, 0.05) is 11.6 Å². The summed E-state index contributed by atoms with van der Waals surface area (Å²) in [5, 5.41) is 4.07. The zero-order valence-corrected chi connectivity index (χ0v) is 15.9. The maximum atomic E-state index is 12.5. The Labute approximate surface area is 158 Å². The summed E-state index contributed by atoms with van der Waals surface area (Å²) in [6, 6.07) is 12.9. The zero-order valence-electron chi connectivity index (χ0n) is 15.1. The van der Waals surface area contributed by atoms with Gasteiger partial charge in [0.05, 0.1) is 17.7 Å². The van der Waals surface area contributed by atoms with E-state index < -0.39 is 10.0 Å². The number of nitrogens with zero attached hydrogens (tertiary/aromatic N) is 1. The average molecular weight is 387 g/mol. The summed E-state index contributed by atoms with van der Waals surface area (Å²) in [6.45, 7) is 1.76. The minimum absolute atomic E-state index is 0.0720. The molecule has 3 rings (SSSR count). The number of hydrazone groups is 1. The number of benzene rings is 2. The van der Waals surface area contributed by atoms with Crippen LogP contribution in [0.5, 0.6) is 5.75 Å². The maximum Gasteiger partial charge on any atom is 0.261 e. The van der Waals surface area contributed by atoms with Gasteiger partial charge in [0.15, 0.2) is 0 Å². The number of ether oxygens (including phenoxy) is 1. The van der Waals surface area contributed by atoms with Crippen LogP contribution in [0.3, 0.4) is 0 Å². The van der Waals surface area contributed by atoms with Crippen LogP contribution >= 0.6 is 0 Å². The summed E-state index contributed by atoms with van der Waals surface area (Å²) < 4.78 is 32.6. The van der Waals surface area contributed by atoms with Crippen molar-refractivity contribution in [3.8, 4) is 5.75 Å². The Morgan fingerprint density at radius 1 is 1.07 bits per heavy atom. The van der Waals surface area contributed by atoms with Crippen LogP contribution in [0.2, 0.25) is 0 Å². The SMILES string of the molecule is COc1ccc(NS(=O)(=O)c2ccc(/C(C)=N\NC(=O)C3CC3)cc2)cc1. The molecular formula is C19H21N3O4S. The molecule has 0 atom stereocenters. The molecule has 7 nitrogen and oxygen atoms in total. The lowest BCUT2D eigenvalue weighted by molar-refractivity contribution is -0.122. The Morgan fingerprint density at radius 2 is 1.70 bits per heavy atom. The van der Waals surface area contributed by atoms with Crippen molar-refractivity contribution >= 4 is 27.3 Å². The van der Waals surface area contributed by atoms with E-state index in [9.17, 15) is 13.2 Å². The van der Waals surface area contributed by atoms with Gasteiger partial charge in [0.2, 0.25) is 5.91 Å². The molecule has 0 heterocycles. The van der Waals surface area contributed by atoms with E-state index in [-0.39, 0.29) is 16.7 Å². The second kappa shape index (κ2) is 7.79. The Morgan fingerprint density at radius 3 is 2.26 bits per heavy atom. The molecule has 1 aliphatic rings. The first kappa shape index (κ1) is 18.9. The second-order valence-corrected chi connectivity index (χ2v) is 7.99. The standard InChI is InChI=1S/C19H21N3O4S/c1-13(20-21-19(23)15-3-4-15)14-5-11-18(12-6-14)27(24,25)22-16-7-9-17(26-2)10-8-16/h5-12,15,22H,3-4H2,1-2H3,(H,21,23)/b20-13-. The van der Waals surface area contributed by atoms with Crippen molar-refractivity contribution in [2.75, 3.05) is 11.8 Å². The van der Waals surface area contributed by atoms with Gasteiger partial charge >= 0.3 is 0 Å². The molecule has 2 N–H and O–H groups in total. The molecule has 1 aliphatic carbocycles. The van der Waals surface area contributed by atoms with Crippen molar-refractivity contribution in [3.63, 3.8) is 0 Å². The maximum absolute atomic E-state index is 12.5. The van der Waals surface area contributed by atoms with Crippen LogP contribution in [-0.4, -0.2) is 27.1 Å². The molecule has 2 aromatic carbocycles. The molecule has 0 radical (unpaired) electrons. The number of carbonyl (C=O) groups is 1. The number of rotatable bonds is 7. The summed E-state index contributed by atoms with van der Waals surface area (Å²) in [4.78, 5) is 11.8. The van der Waals surface area contributed by atoms with Crippen molar-refractivity contribution in [2.24, 2.45) is 11.0 Å². The Kier molecular flexibility index (Phi) is 5.46. The van der Waals surface area contributed by atoms with Gasteiger partial charge in [-0.25, -0.2) is 13.8 Å². The Balaban J connectivity index is 1.69. The quantitative estimate of drug-likeness (QED) is 0.564. The molecule has 1 fully saturated rings. The molecule has 2 aromatic rings. The van der Waals surface area contributed by atoms with Crippen molar-refractivity contribution in [3.05, 3.63) is 54.1 Å². The monoisotopic (exact) mass is 387 g/mol. The highest BCUT2D eigenvalue weighted by molar-refractivity contribution is 7.92. The first-order valence-electron chi connectivity index (χ1n) is 8.50. The minimum atomic E-state index is -3.70. The van der Waals surface area contributed by atoms with Gasteiger partial charge in [0.1, 0.15) is 5.75 Å². The summed E-state index contributed by atoms with van der Waals surface area (Å²) in [5.74, 6) is 0.654. The molecule has 142 valence electrons. The molecule has 27 heavy (non-hydrogen) atoms. The third kappa shape index (κ3) is 4.85. The minimum Gasteiger partial charge on any atom is -0.497 e. The van der Waals surface area contributed by atoms with Crippen molar-refractivity contribution in [1.82, 2.24) is 5.43 Å². The summed E-state index contributed by atoms with van der Waals surface area (Å²) >= 11 is 0. The van der Waals surface area contributed by atoms with E-state index >= 15 is 0 Å². The smallest absolute Gasteiger partial charge is 0.261 e. The predicted octanol–water partition coefficient (Wildman–Crippen LogP) is 2.75. The number of sulfonamides is 1. The van der Waals surface area contributed by atoms with Crippen LogP contribution in [0, 0.1) is 5.92 Å². The van der Waals surface area contributed by atoms with E-state index in [4.69, 9.17) is 4.74 Å². The van der Waals surface area contributed by atoms with Crippen LogP contribution in [0.4, 0.5) is 5.69 Å². The molecule has 0 saturated heterocycles. The first-order chi connectivity index (χ1) is 12.9. The molecule has 0 spiro atoms. The normalized spacial score (nSPS) is 14.5. The third-order valence-electron chi connectivity index (χ3n) is 4.21. The zero-order chi connectivity index (χ0) is 19.4. The fourth-order valence-electron chi connectivity index (χ4n) is 2.39. The fourth-order valence-corrected chi connectivity index (χ4v) is 3.45. The number of carbonyl (C=O) groups excluding carboxylic acids is 1. The lowest BCUT2D eigenvalue weighted by atomic mass is 10.1. The number of hydrogen-bond acceptors (Lipinski definition) is 5. The Bertz CT molecular complexity index is 947. The molecule has 0 aromatic heterocycles. The number of anilines is 1. The molecule has 1 saturated carbocycles. The van der Waals surface area contributed by atoms with Crippen molar-refractivity contribution < 1.29 is 17.9 Å². The largest absolute Gasteiger partial charge is 0.497 e. The lowest BCUT2D eigenvalue weighted by Gasteiger charge is -2.09. The van der Waals surface area contributed by atoms with Crippen molar-refractivity contribution in [1.29, 1.82) is 0 Å². The second-order valence-electron chi connectivity index (χ2n) is 6.31. The van der Waals surface area contributed by atoms with Gasteiger partial charge in [-0.15, -0.1) is 0 Å². The summed E-state index contributed by atoms with van der Waals surface area (Å²) in [6.07, 6.45) is 1.82. The van der Waals surface area contributed by atoms with Crippen LogP contribution in [0.25, 0.3) is 0 Å². The molecule has 8 heteroatoms. The van der Waals surface area contributed by atoms with E-state index in [2.05, 4.69) is 15.2 Å². The van der Waals surface area contributed by atoms with Gasteiger partial charge in [-0.3, -0.25) is 9.52 Å². The van der Waals surface area contributed by atoms with Gasteiger partial charge in [0.25, 0.3) is 10.0 Å². The Hall–Kier alpha value is -2.87. The van der Waals surface area contributed by atoms with E-state index in [0.717, 1.165) is 18.4 Å². The molecule has 0 bridgehead atoms. The van der Waals surface area contributed by atoms with Gasteiger partial charge < -0.3 is 4.74 Å². The third-order valence-corrected chi connectivity index (χ3v) is 5.60. The highest BCUT2D eigenvalue weighted by Crippen LogP contribution is 2.28. The number of nitrogens with one attached hydrogen (secondary N) is 2. The number of hydrogen-bond donors (Lipinski definition) is 2. The van der Waals surface area contributed by atoms with E-state index in [1.165, 1.54) is 12.1 Å². The van der Waals surface area contributed by atoms with E-state index in [1.54, 1.807) is 50.4 Å². The van der Waals surface area contributed by atoms with E-state index in [0.29, 0.717) is 17.1 Å². The summed E-state index contributed by atoms with van der Waals surface area (Å²) in [7, 11) is -2.16. The fraction of sp³-hybridized carbons (Fsp3) is 0.263. The topological polar surface area (TPSA) is 96.9 Å². The molecular weight excluding hydrogens is 366 g/mol. The van der Waals surface area contributed by atoms with Gasteiger partial charge in [-0.05, 0) is 61.7 Å². The van der Waals surface area contributed by atoms with Crippen LogP contribution in [0.1, 0.15) is 25.3 Å². The molecule has 0 unspecified atom stereocenters. The number of methoxy groups -OCH3 is 1. The van der Waals surface area contributed by atoms with Gasteiger partial charge in [-0.2, -0.15) is 5.10 Å². The molecule has 1 amide bonds. The lowest BCUT2D eigenvalue weighted by Crippen LogP contribution is -2.20. The highest BCUT2D eigenvalue weighted by Gasteiger charge is 2.29. The van der Waals surface area contributed by atoms with Crippen LogP contribution in [0.15, 0.2) is 58.5 Å². The highest BCUT2D eigenvalue weighted by atomic mass is 32.2. The van der Waals surface area contributed by atoms with Crippen LogP contribution in [-0.2, 0) is 14.8 Å². The number of amides is 1. The average Bonchev–Trinajstić information content (AvgIpc) is 3.51. The predicted molar refractivity (Wildman–Crippen MR) is 103 cm³/mol. The summed E-state index contributed by atoms with van der Waals surface area (Å²) in [5.41, 5.74) is 4.32. The van der Waals surface area contributed by atoms with Gasteiger partial charge in [-0.1, -0.05) is 12.1 Å². The first-order valence-corrected chi connectivity index (χ1v) is 9.99. The van der Waals surface area contributed by atoms with E-state index in [1.807, 2.05) is 0 Å². The van der Waals surface area contributed by atoms with Crippen LogP contribution < -0.4 is 14.9 Å².